The van der Waals surface area contributed by atoms with E-state index in [9.17, 15) is 9.59 Å². The van der Waals surface area contributed by atoms with Gasteiger partial charge >= 0.3 is 12.0 Å². The molecule has 20 heavy (non-hydrogen) atoms. The van der Waals surface area contributed by atoms with Crippen LogP contribution in [0.1, 0.15) is 30.9 Å². The lowest BCUT2D eigenvalue weighted by atomic mass is 10.1. The van der Waals surface area contributed by atoms with Crippen molar-refractivity contribution in [1.29, 1.82) is 0 Å². The molecule has 1 unspecified atom stereocenters. The molecule has 5 heteroatoms. The first-order valence-electron chi connectivity index (χ1n) is 6.71. The van der Waals surface area contributed by atoms with Crippen molar-refractivity contribution in [3.63, 3.8) is 0 Å². The maximum atomic E-state index is 11.7. The molecule has 0 aromatic heterocycles. The highest BCUT2D eigenvalue weighted by Crippen LogP contribution is 2.13. The van der Waals surface area contributed by atoms with Gasteiger partial charge in [-0.25, -0.2) is 4.79 Å². The molecule has 0 aliphatic rings. The molecule has 1 aromatic carbocycles. The van der Waals surface area contributed by atoms with Crippen LogP contribution in [0.2, 0.25) is 0 Å². The fourth-order valence-corrected chi connectivity index (χ4v) is 1.96. The van der Waals surface area contributed by atoms with Crippen molar-refractivity contribution < 1.29 is 14.7 Å². The first kappa shape index (κ1) is 16.0. The second-order valence-electron chi connectivity index (χ2n) is 5.25. The van der Waals surface area contributed by atoms with Crippen molar-refractivity contribution in [3.8, 4) is 0 Å². The van der Waals surface area contributed by atoms with Gasteiger partial charge < -0.3 is 15.7 Å². The Kier molecular flexibility index (Phi) is 6.03. The Morgan fingerprint density at radius 3 is 2.35 bits per heavy atom. The zero-order valence-electron chi connectivity index (χ0n) is 12.2. The molecule has 0 spiro atoms. The van der Waals surface area contributed by atoms with E-state index in [0.717, 1.165) is 16.8 Å². The Morgan fingerprint density at radius 1 is 1.20 bits per heavy atom. The minimum Gasteiger partial charge on any atom is -0.481 e. The van der Waals surface area contributed by atoms with Crippen molar-refractivity contribution in [1.82, 2.24) is 5.32 Å². The number of hydrogen-bond acceptors (Lipinski definition) is 2. The smallest absolute Gasteiger partial charge is 0.319 e. The van der Waals surface area contributed by atoms with Crippen LogP contribution >= 0.6 is 0 Å². The topological polar surface area (TPSA) is 78.4 Å². The van der Waals surface area contributed by atoms with Gasteiger partial charge in [-0.1, -0.05) is 13.0 Å². The molecule has 5 nitrogen and oxygen atoms in total. The first-order valence-corrected chi connectivity index (χ1v) is 6.71. The summed E-state index contributed by atoms with van der Waals surface area (Å²) in [6.45, 7) is 6.33. The molecule has 0 bridgehead atoms. The van der Waals surface area contributed by atoms with Crippen LogP contribution in [0.25, 0.3) is 0 Å². The van der Waals surface area contributed by atoms with Gasteiger partial charge in [-0.05, 0) is 49.4 Å². The number of hydrogen-bond donors (Lipinski definition) is 3. The van der Waals surface area contributed by atoms with Crippen LogP contribution in [0.15, 0.2) is 18.2 Å². The van der Waals surface area contributed by atoms with E-state index in [1.165, 1.54) is 0 Å². The predicted octanol–water partition coefficient (Wildman–Crippen LogP) is 2.93. The zero-order valence-corrected chi connectivity index (χ0v) is 12.2. The summed E-state index contributed by atoms with van der Waals surface area (Å²) in [6, 6.07) is 5.58. The predicted molar refractivity (Wildman–Crippen MR) is 79.0 cm³/mol. The highest BCUT2D eigenvalue weighted by Gasteiger charge is 2.08. The van der Waals surface area contributed by atoms with Gasteiger partial charge in [0.1, 0.15) is 0 Å². The van der Waals surface area contributed by atoms with Crippen LogP contribution in [0.4, 0.5) is 10.5 Å². The standard InChI is InChI=1S/C15H22N2O3/c1-10(4-5-14(18)19)9-16-15(20)17-13-7-11(2)6-12(3)8-13/h6-8,10H,4-5,9H2,1-3H3,(H,18,19)(H2,16,17,20). The molecule has 1 atom stereocenters. The Hall–Kier alpha value is -2.04. The zero-order chi connectivity index (χ0) is 15.1. The quantitative estimate of drug-likeness (QED) is 0.748. The van der Waals surface area contributed by atoms with Crippen molar-refractivity contribution in [2.45, 2.75) is 33.6 Å². The van der Waals surface area contributed by atoms with Crippen LogP contribution < -0.4 is 10.6 Å². The summed E-state index contributed by atoms with van der Waals surface area (Å²) < 4.78 is 0. The molecular formula is C15H22N2O3. The summed E-state index contributed by atoms with van der Waals surface area (Å²) in [5, 5.41) is 14.1. The number of carbonyl (C=O) groups excluding carboxylic acids is 1. The maximum Gasteiger partial charge on any atom is 0.319 e. The Bertz CT molecular complexity index is 466. The highest BCUT2D eigenvalue weighted by atomic mass is 16.4. The van der Waals surface area contributed by atoms with E-state index in [2.05, 4.69) is 10.6 Å². The summed E-state index contributed by atoms with van der Waals surface area (Å²) >= 11 is 0. The van der Waals surface area contributed by atoms with E-state index >= 15 is 0 Å². The van der Waals surface area contributed by atoms with Gasteiger partial charge in [-0.3, -0.25) is 4.79 Å². The average molecular weight is 278 g/mol. The number of aliphatic carboxylic acids is 1. The van der Waals surface area contributed by atoms with Crippen LogP contribution in [0.5, 0.6) is 0 Å². The van der Waals surface area contributed by atoms with Crippen LogP contribution in [-0.4, -0.2) is 23.7 Å². The molecule has 0 aliphatic heterocycles. The summed E-state index contributed by atoms with van der Waals surface area (Å²) in [4.78, 5) is 22.2. The van der Waals surface area contributed by atoms with Crippen LogP contribution in [-0.2, 0) is 4.79 Å². The normalized spacial score (nSPS) is 11.8. The van der Waals surface area contributed by atoms with E-state index in [1.807, 2.05) is 39.0 Å². The van der Waals surface area contributed by atoms with E-state index in [-0.39, 0.29) is 18.4 Å². The summed E-state index contributed by atoms with van der Waals surface area (Å²) in [5.74, 6) is -0.673. The molecule has 1 rings (SSSR count). The molecule has 110 valence electrons. The summed E-state index contributed by atoms with van der Waals surface area (Å²) in [6.07, 6.45) is 0.681. The molecule has 0 fully saturated rings. The Labute approximate surface area is 119 Å². The summed E-state index contributed by atoms with van der Waals surface area (Å²) in [7, 11) is 0. The maximum absolute atomic E-state index is 11.7. The number of nitrogens with one attached hydrogen (secondary N) is 2. The fraction of sp³-hybridized carbons (Fsp3) is 0.467. The van der Waals surface area contributed by atoms with Crippen molar-refractivity contribution in [3.05, 3.63) is 29.3 Å². The number of amides is 2. The molecular weight excluding hydrogens is 256 g/mol. The average Bonchev–Trinajstić information content (AvgIpc) is 2.32. The SMILES string of the molecule is Cc1cc(C)cc(NC(=O)NCC(C)CCC(=O)O)c1. The second kappa shape index (κ2) is 7.53. The fourth-order valence-electron chi connectivity index (χ4n) is 1.96. The number of urea groups is 1. The number of benzene rings is 1. The number of carboxylic acids is 1. The summed E-state index contributed by atoms with van der Waals surface area (Å²) in [5.41, 5.74) is 2.95. The van der Waals surface area contributed by atoms with Crippen LogP contribution in [0.3, 0.4) is 0 Å². The van der Waals surface area contributed by atoms with Crippen molar-refractivity contribution >= 4 is 17.7 Å². The van der Waals surface area contributed by atoms with E-state index in [1.54, 1.807) is 0 Å². The molecule has 3 N–H and O–H groups in total. The van der Waals surface area contributed by atoms with E-state index in [4.69, 9.17) is 5.11 Å². The third kappa shape index (κ3) is 6.22. The molecule has 0 heterocycles. The molecule has 1 aromatic rings. The lowest BCUT2D eigenvalue weighted by molar-refractivity contribution is -0.137. The van der Waals surface area contributed by atoms with Gasteiger partial charge in [0.05, 0.1) is 0 Å². The molecule has 2 amide bonds. The molecule has 0 saturated carbocycles. The van der Waals surface area contributed by atoms with Gasteiger partial charge in [-0.15, -0.1) is 0 Å². The lowest BCUT2D eigenvalue weighted by Gasteiger charge is -2.13. The minimum atomic E-state index is -0.809. The van der Waals surface area contributed by atoms with Gasteiger partial charge in [0, 0.05) is 18.7 Å². The van der Waals surface area contributed by atoms with Crippen molar-refractivity contribution in [2.24, 2.45) is 5.92 Å². The van der Waals surface area contributed by atoms with Gasteiger partial charge in [0.15, 0.2) is 0 Å². The Balaban J connectivity index is 2.38. The third-order valence-corrected chi connectivity index (χ3v) is 2.94. The lowest BCUT2D eigenvalue weighted by Crippen LogP contribution is -2.32. The van der Waals surface area contributed by atoms with Crippen LogP contribution in [0, 0.1) is 19.8 Å². The molecule has 0 aliphatic carbocycles. The highest BCUT2D eigenvalue weighted by molar-refractivity contribution is 5.89. The molecule has 0 radical (unpaired) electrons. The van der Waals surface area contributed by atoms with Gasteiger partial charge in [-0.2, -0.15) is 0 Å². The number of rotatable bonds is 6. The second-order valence-corrected chi connectivity index (χ2v) is 5.25. The first-order chi connectivity index (χ1) is 9.36. The monoisotopic (exact) mass is 278 g/mol. The number of carboxylic acid groups (broad SMARTS) is 1. The largest absolute Gasteiger partial charge is 0.481 e. The van der Waals surface area contributed by atoms with Crippen molar-refractivity contribution in [2.75, 3.05) is 11.9 Å². The number of anilines is 1. The number of carbonyl (C=O) groups is 2. The Morgan fingerprint density at radius 2 is 1.80 bits per heavy atom. The molecule has 0 saturated heterocycles. The number of aryl methyl sites for hydroxylation is 2. The van der Waals surface area contributed by atoms with E-state index < -0.39 is 5.97 Å². The van der Waals surface area contributed by atoms with E-state index in [0.29, 0.717) is 13.0 Å². The van der Waals surface area contributed by atoms with Gasteiger partial charge in [0.2, 0.25) is 0 Å². The third-order valence-electron chi connectivity index (χ3n) is 2.94. The van der Waals surface area contributed by atoms with Gasteiger partial charge in [0.25, 0.3) is 0 Å². The minimum absolute atomic E-state index is 0.127.